The summed E-state index contributed by atoms with van der Waals surface area (Å²) >= 11 is 5.70. The lowest BCUT2D eigenvalue weighted by atomic mass is 10.1. The van der Waals surface area contributed by atoms with E-state index in [1.165, 1.54) is 0 Å². The first-order chi connectivity index (χ1) is 8.61. The van der Waals surface area contributed by atoms with Gasteiger partial charge in [0.15, 0.2) is 0 Å². The summed E-state index contributed by atoms with van der Waals surface area (Å²) in [7, 11) is 0. The molecule has 0 bridgehead atoms. The zero-order valence-corrected chi connectivity index (χ0v) is 11.8. The third kappa shape index (κ3) is 5.80. The van der Waals surface area contributed by atoms with Gasteiger partial charge in [0.25, 0.3) is 0 Å². The average Bonchev–Trinajstić information content (AvgIpc) is 2.32. The second-order valence-corrected chi connectivity index (χ2v) is 5.09. The highest BCUT2D eigenvalue weighted by molar-refractivity contribution is 6.30. The zero-order valence-electron chi connectivity index (χ0n) is 11.0. The summed E-state index contributed by atoms with van der Waals surface area (Å²) < 4.78 is 19.0. The molecule has 0 spiro atoms. The van der Waals surface area contributed by atoms with Gasteiger partial charge in [-0.1, -0.05) is 37.6 Å². The maximum Gasteiger partial charge on any atom is 0.146 e. The topological polar surface area (TPSA) is 21.3 Å². The van der Waals surface area contributed by atoms with Crippen molar-refractivity contribution >= 4 is 11.6 Å². The Balaban J connectivity index is 2.13. The van der Waals surface area contributed by atoms with Crippen molar-refractivity contribution in [3.05, 3.63) is 34.6 Å². The first-order valence-electron chi connectivity index (χ1n) is 6.32. The number of hydrogen-bond donors (Lipinski definition) is 1. The van der Waals surface area contributed by atoms with Gasteiger partial charge in [-0.3, -0.25) is 0 Å². The summed E-state index contributed by atoms with van der Waals surface area (Å²) in [6.07, 6.45) is 1.07. The molecular weight excluding hydrogens is 253 g/mol. The third-order valence-electron chi connectivity index (χ3n) is 2.61. The minimum absolute atomic E-state index is 0.169. The standard InChI is InChI=1S/C14H21ClFNO/c1-11(2)6-8-18-9-7-17-10-12-4-3-5-13(15)14(12)16/h3-5,11,17H,6-10H2,1-2H3. The molecule has 0 atom stereocenters. The van der Waals surface area contributed by atoms with Crippen LogP contribution in [0.25, 0.3) is 0 Å². The number of ether oxygens (including phenoxy) is 1. The van der Waals surface area contributed by atoms with Gasteiger partial charge in [-0.25, -0.2) is 4.39 Å². The number of rotatable bonds is 8. The lowest BCUT2D eigenvalue weighted by molar-refractivity contribution is 0.125. The van der Waals surface area contributed by atoms with Gasteiger partial charge in [0.1, 0.15) is 5.82 Å². The first kappa shape index (κ1) is 15.4. The van der Waals surface area contributed by atoms with E-state index in [1.54, 1.807) is 18.2 Å². The zero-order chi connectivity index (χ0) is 13.4. The Hall–Kier alpha value is -0.640. The quantitative estimate of drug-likeness (QED) is 0.731. The summed E-state index contributed by atoms with van der Waals surface area (Å²) in [4.78, 5) is 0. The minimum Gasteiger partial charge on any atom is -0.380 e. The molecule has 0 aliphatic heterocycles. The van der Waals surface area contributed by atoms with Crippen LogP contribution in [0.1, 0.15) is 25.8 Å². The van der Waals surface area contributed by atoms with E-state index >= 15 is 0 Å². The maximum absolute atomic E-state index is 13.5. The molecule has 0 aliphatic rings. The molecule has 1 aromatic carbocycles. The van der Waals surface area contributed by atoms with Crippen molar-refractivity contribution in [3.63, 3.8) is 0 Å². The molecule has 1 N–H and O–H groups in total. The number of hydrogen-bond acceptors (Lipinski definition) is 2. The summed E-state index contributed by atoms with van der Waals surface area (Å²) in [6.45, 7) is 6.96. The molecule has 4 heteroatoms. The van der Waals surface area contributed by atoms with Crippen LogP contribution in [0.4, 0.5) is 4.39 Å². The van der Waals surface area contributed by atoms with Gasteiger partial charge in [-0.05, 0) is 18.4 Å². The van der Waals surface area contributed by atoms with Gasteiger partial charge in [0, 0.05) is 25.3 Å². The first-order valence-corrected chi connectivity index (χ1v) is 6.70. The molecule has 1 rings (SSSR count). The lowest BCUT2D eigenvalue weighted by Crippen LogP contribution is -2.20. The molecular formula is C14H21ClFNO. The fraction of sp³-hybridized carbons (Fsp3) is 0.571. The molecule has 2 nitrogen and oxygen atoms in total. The molecule has 0 heterocycles. The molecule has 18 heavy (non-hydrogen) atoms. The van der Waals surface area contributed by atoms with Crippen LogP contribution in [0.15, 0.2) is 18.2 Å². The SMILES string of the molecule is CC(C)CCOCCNCc1cccc(Cl)c1F. The van der Waals surface area contributed by atoms with Crippen molar-refractivity contribution in [1.29, 1.82) is 0 Å². The van der Waals surface area contributed by atoms with Gasteiger partial charge in [0.05, 0.1) is 11.6 Å². The van der Waals surface area contributed by atoms with Crippen molar-refractivity contribution in [2.45, 2.75) is 26.8 Å². The van der Waals surface area contributed by atoms with Crippen LogP contribution in [0.3, 0.4) is 0 Å². The van der Waals surface area contributed by atoms with E-state index in [0.717, 1.165) is 13.0 Å². The molecule has 0 fully saturated rings. The summed E-state index contributed by atoms with van der Waals surface area (Å²) in [5, 5.41) is 3.30. The number of nitrogens with one attached hydrogen (secondary N) is 1. The van der Waals surface area contributed by atoms with Gasteiger partial charge >= 0.3 is 0 Å². The molecule has 0 unspecified atom stereocenters. The van der Waals surface area contributed by atoms with E-state index in [4.69, 9.17) is 16.3 Å². The van der Waals surface area contributed by atoms with Crippen LogP contribution in [0, 0.1) is 11.7 Å². The molecule has 0 saturated carbocycles. The summed E-state index contributed by atoms with van der Waals surface area (Å²) in [5.41, 5.74) is 0.588. The maximum atomic E-state index is 13.5. The molecule has 102 valence electrons. The molecule has 0 amide bonds. The van der Waals surface area contributed by atoms with Crippen molar-refractivity contribution in [2.24, 2.45) is 5.92 Å². The third-order valence-corrected chi connectivity index (χ3v) is 2.90. The van der Waals surface area contributed by atoms with E-state index in [9.17, 15) is 4.39 Å². The number of halogens is 2. The highest BCUT2D eigenvalue weighted by atomic mass is 35.5. The smallest absolute Gasteiger partial charge is 0.146 e. The molecule has 0 radical (unpaired) electrons. The monoisotopic (exact) mass is 273 g/mol. The molecule has 0 aliphatic carbocycles. The Morgan fingerprint density at radius 1 is 1.33 bits per heavy atom. The van der Waals surface area contributed by atoms with Gasteiger partial charge in [-0.15, -0.1) is 0 Å². The fourth-order valence-electron chi connectivity index (χ4n) is 1.47. The van der Waals surface area contributed by atoms with Gasteiger partial charge in [0.2, 0.25) is 0 Å². The van der Waals surface area contributed by atoms with Crippen LogP contribution in [0.5, 0.6) is 0 Å². The largest absolute Gasteiger partial charge is 0.380 e. The summed E-state index contributed by atoms with van der Waals surface area (Å²) in [6, 6.07) is 5.03. The van der Waals surface area contributed by atoms with E-state index in [2.05, 4.69) is 19.2 Å². The van der Waals surface area contributed by atoms with E-state index in [1.807, 2.05) is 0 Å². The van der Waals surface area contributed by atoms with Gasteiger partial charge in [-0.2, -0.15) is 0 Å². The normalized spacial score (nSPS) is 11.2. The molecule has 0 aromatic heterocycles. The van der Waals surface area contributed by atoms with Crippen LogP contribution in [0.2, 0.25) is 5.02 Å². The van der Waals surface area contributed by atoms with Crippen molar-refractivity contribution in [1.82, 2.24) is 5.32 Å². The van der Waals surface area contributed by atoms with Crippen LogP contribution < -0.4 is 5.32 Å². The Morgan fingerprint density at radius 3 is 2.83 bits per heavy atom. The average molecular weight is 274 g/mol. The summed E-state index contributed by atoms with van der Waals surface area (Å²) in [5.74, 6) is 0.325. The second-order valence-electron chi connectivity index (χ2n) is 4.68. The van der Waals surface area contributed by atoms with E-state index in [0.29, 0.717) is 31.2 Å². The molecule has 0 saturated heterocycles. The van der Waals surface area contributed by atoms with Crippen LogP contribution in [-0.2, 0) is 11.3 Å². The predicted molar refractivity (Wildman–Crippen MR) is 73.4 cm³/mol. The van der Waals surface area contributed by atoms with Crippen LogP contribution in [-0.4, -0.2) is 19.8 Å². The van der Waals surface area contributed by atoms with Crippen molar-refractivity contribution < 1.29 is 9.13 Å². The fourth-order valence-corrected chi connectivity index (χ4v) is 1.67. The van der Waals surface area contributed by atoms with Crippen LogP contribution >= 0.6 is 11.6 Å². The minimum atomic E-state index is -0.340. The second kappa shape index (κ2) is 8.46. The van der Waals surface area contributed by atoms with Crippen molar-refractivity contribution in [3.8, 4) is 0 Å². The Kier molecular flexibility index (Phi) is 7.25. The number of benzene rings is 1. The Morgan fingerprint density at radius 2 is 2.11 bits per heavy atom. The van der Waals surface area contributed by atoms with E-state index in [-0.39, 0.29) is 10.8 Å². The van der Waals surface area contributed by atoms with E-state index < -0.39 is 0 Å². The highest BCUT2D eigenvalue weighted by Crippen LogP contribution is 2.17. The van der Waals surface area contributed by atoms with Gasteiger partial charge < -0.3 is 10.1 Å². The Labute approximate surface area is 113 Å². The predicted octanol–water partition coefficient (Wildman–Crippen LogP) is 3.63. The molecule has 1 aromatic rings. The lowest BCUT2D eigenvalue weighted by Gasteiger charge is -2.08. The Bertz CT molecular complexity index is 358. The highest BCUT2D eigenvalue weighted by Gasteiger charge is 2.04. The van der Waals surface area contributed by atoms with Crippen molar-refractivity contribution in [2.75, 3.05) is 19.8 Å².